The Morgan fingerprint density at radius 2 is 1.97 bits per heavy atom. The summed E-state index contributed by atoms with van der Waals surface area (Å²) in [6.45, 7) is 2.67. The van der Waals surface area contributed by atoms with E-state index in [9.17, 15) is 14.4 Å². The topological polar surface area (TPSA) is 97.6 Å². The van der Waals surface area contributed by atoms with Crippen LogP contribution in [0.25, 0.3) is 11.0 Å². The van der Waals surface area contributed by atoms with E-state index >= 15 is 0 Å². The Morgan fingerprint density at radius 1 is 1.16 bits per heavy atom. The van der Waals surface area contributed by atoms with Gasteiger partial charge in [0.1, 0.15) is 10.6 Å². The molecule has 2 N–H and O–H groups in total. The summed E-state index contributed by atoms with van der Waals surface area (Å²) in [5.41, 5.74) is 2.50. The maximum absolute atomic E-state index is 13.0. The SMILES string of the molecule is COCCNC(=O)c1c(NC(=O)c2cc(=O)c3ccc(C)cc3o2)sc2c1CCCC2. The van der Waals surface area contributed by atoms with Crippen LogP contribution in [-0.2, 0) is 17.6 Å². The molecule has 1 aromatic carbocycles. The number of rotatable bonds is 6. The zero-order valence-electron chi connectivity index (χ0n) is 17.5. The van der Waals surface area contributed by atoms with Gasteiger partial charge in [0.15, 0.2) is 11.2 Å². The summed E-state index contributed by atoms with van der Waals surface area (Å²) >= 11 is 1.42. The molecule has 1 aliphatic rings. The fourth-order valence-corrected chi connectivity index (χ4v) is 5.07. The molecule has 8 heteroatoms. The number of nitrogens with one attached hydrogen (secondary N) is 2. The summed E-state index contributed by atoms with van der Waals surface area (Å²) < 4.78 is 10.7. The zero-order chi connectivity index (χ0) is 22.0. The lowest BCUT2D eigenvalue weighted by Crippen LogP contribution is -2.28. The van der Waals surface area contributed by atoms with Crippen molar-refractivity contribution in [3.8, 4) is 0 Å². The minimum absolute atomic E-state index is 0.0831. The fourth-order valence-electron chi connectivity index (χ4n) is 3.79. The second-order valence-corrected chi connectivity index (χ2v) is 8.70. The average molecular weight is 441 g/mol. The molecule has 2 aromatic heterocycles. The van der Waals surface area contributed by atoms with E-state index in [1.54, 1.807) is 19.2 Å². The molecule has 0 radical (unpaired) electrons. The lowest BCUT2D eigenvalue weighted by Gasteiger charge is -2.13. The molecule has 1 aliphatic carbocycles. The summed E-state index contributed by atoms with van der Waals surface area (Å²) in [6, 6.07) is 6.43. The number of thiophene rings is 1. The van der Waals surface area contributed by atoms with Crippen LogP contribution in [0.3, 0.4) is 0 Å². The highest BCUT2D eigenvalue weighted by molar-refractivity contribution is 7.17. The number of hydrogen-bond acceptors (Lipinski definition) is 6. The van der Waals surface area contributed by atoms with Gasteiger partial charge in [0.2, 0.25) is 0 Å². The van der Waals surface area contributed by atoms with Gasteiger partial charge in [-0.1, -0.05) is 6.07 Å². The van der Waals surface area contributed by atoms with Crippen LogP contribution in [0.1, 0.15) is 49.8 Å². The number of ether oxygens (including phenoxy) is 1. The predicted molar refractivity (Wildman–Crippen MR) is 120 cm³/mol. The van der Waals surface area contributed by atoms with Gasteiger partial charge in [0.25, 0.3) is 11.8 Å². The van der Waals surface area contributed by atoms with Crippen molar-refractivity contribution < 1.29 is 18.7 Å². The normalized spacial score (nSPS) is 13.1. The van der Waals surface area contributed by atoms with Crippen molar-refractivity contribution in [2.24, 2.45) is 0 Å². The molecule has 0 spiro atoms. The van der Waals surface area contributed by atoms with E-state index in [4.69, 9.17) is 9.15 Å². The molecule has 7 nitrogen and oxygen atoms in total. The summed E-state index contributed by atoms with van der Waals surface area (Å²) in [5, 5.41) is 6.57. The lowest BCUT2D eigenvalue weighted by atomic mass is 9.95. The maximum atomic E-state index is 13.0. The number of hydrogen-bond donors (Lipinski definition) is 2. The van der Waals surface area contributed by atoms with Crippen molar-refractivity contribution >= 4 is 39.1 Å². The van der Waals surface area contributed by atoms with Crippen LogP contribution >= 0.6 is 11.3 Å². The first-order chi connectivity index (χ1) is 15.0. The van der Waals surface area contributed by atoms with E-state index in [-0.39, 0.29) is 17.1 Å². The van der Waals surface area contributed by atoms with Gasteiger partial charge in [-0.2, -0.15) is 0 Å². The second kappa shape index (κ2) is 9.03. The van der Waals surface area contributed by atoms with E-state index in [0.29, 0.717) is 34.7 Å². The molecule has 0 saturated heterocycles. The molecule has 4 rings (SSSR count). The summed E-state index contributed by atoms with van der Waals surface area (Å²) in [5.74, 6) is -0.868. The van der Waals surface area contributed by atoms with Crippen molar-refractivity contribution in [3.63, 3.8) is 0 Å². The molecule has 3 aromatic rings. The average Bonchev–Trinajstić information content (AvgIpc) is 3.11. The lowest BCUT2D eigenvalue weighted by molar-refractivity contribution is 0.0937. The molecular formula is C23H24N2O5S. The highest BCUT2D eigenvalue weighted by atomic mass is 32.1. The van der Waals surface area contributed by atoms with Gasteiger partial charge in [-0.05, 0) is 55.9 Å². The third kappa shape index (κ3) is 4.40. The van der Waals surface area contributed by atoms with Crippen LogP contribution in [0, 0.1) is 6.92 Å². The van der Waals surface area contributed by atoms with Gasteiger partial charge in [-0.25, -0.2) is 0 Å². The minimum Gasteiger partial charge on any atom is -0.451 e. The Morgan fingerprint density at radius 3 is 2.77 bits per heavy atom. The Balaban J connectivity index is 1.66. The van der Waals surface area contributed by atoms with Crippen LogP contribution in [0.4, 0.5) is 5.00 Å². The molecule has 162 valence electrons. The highest BCUT2D eigenvalue weighted by Crippen LogP contribution is 2.38. The fraction of sp³-hybridized carbons (Fsp3) is 0.348. The molecule has 0 aliphatic heterocycles. The number of carbonyl (C=O) groups is 2. The van der Waals surface area contributed by atoms with Gasteiger partial charge in [-0.3, -0.25) is 14.4 Å². The van der Waals surface area contributed by atoms with Crippen molar-refractivity contribution in [1.82, 2.24) is 5.32 Å². The second-order valence-electron chi connectivity index (χ2n) is 7.59. The predicted octanol–water partition coefficient (Wildman–Crippen LogP) is 3.67. The number of carbonyl (C=O) groups excluding carboxylic acids is 2. The van der Waals surface area contributed by atoms with Crippen molar-refractivity contribution in [2.75, 3.05) is 25.6 Å². The van der Waals surface area contributed by atoms with E-state index in [2.05, 4.69) is 10.6 Å². The summed E-state index contributed by atoms with van der Waals surface area (Å²) in [6.07, 6.45) is 3.76. The van der Waals surface area contributed by atoms with E-state index in [0.717, 1.165) is 41.7 Å². The number of benzene rings is 1. The molecule has 2 heterocycles. The molecular weight excluding hydrogens is 416 g/mol. The number of aryl methyl sites for hydroxylation is 2. The van der Waals surface area contributed by atoms with E-state index in [1.807, 2.05) is 13.0 Å². The Hall–Kier alpha value is -2.97. The highest BCUT2D eigenvalue weighted by Gasteiger charge is 2.27. The van der Waals surface area contributed by atoms with E-state index < -0.39 is 5.91 Å². The van der Waals surface area contributed by atoms with Crippen LogP contribution in [0.15, 0.2) is 33.5 Å². The molecule has 0 bridgehead atoms. The Kier molecular flexibility index (Phi) is 6.20. The van der Waals surface area contributed by atoms with Crippen molar-refractivity contribution in [2.45, 2.75) is 32.6 Å². The Bertz CT molecular complexity index is 1210. The summed E-state index contributed by atoms with van der Waals surface area (Å²) in [4.78, 5) is 39.4. The van der Waals surface area contributed by atoms with Gasteiger partial charge < -0.3 is 19.8 Å². The monoisotopic (exact) mass is 440 g/mol. The number of methoxy groups -OCH3 is 1. The minimum atomic E-state index is -0.551. The summed E-state index contributed by atoms with van der Waals surface area (Å²) in [7, 11) is 1.57. The molecule has 2 amide bonds. The quantitative estimate of drug-likeness (QED) is 0.570. The number of fused-ring (bicyclic) bond motifs is 2. The number of amides is 2. The molecule has 0 atom stereocenters. The first kappa shape index (κ1) is 21.3. The first-order valence-electron chi connectivity index (χ1n) is 10.3. The van der Waals surface area contributed by atoms with Crippen molar-refractivity contribution in [1.29, 1.82) is 0 Å². The Labute approximate surface area is 183 Å². The van der Waals surface area contributed by atoms with Gasteiger partial charge in [0.05, 0.1) is 17.6 Å². The third-order valence-corrected chi connectivity index (χ3v) is 6.53. The van der Waals surface area contributed by atoms with Crippen LogP contribution in [0.2, 0.25) is 0 Å². The molecule has 0 saturated carbocycles. The van der Waals surface area contributed by atoms with Gasteiger partial charge in [0, 0.05) is 24.6 Å². The molecule has 31 heavy (non-hydrogen) atoms. The van der Waals surface area contributed by atoms with Gasteiger partial charge in [-0.15, -0.1) is 11.3 Å². The van der Waals surface area contributed by atoms with Crippen LogP contribution in [0.5, 0.6) is 0 Å². The van der Waals surface area contributed by atoms with Crippen LogP contribution < -0.4 is 16.1 Å². The molecule has 0 unspecified atom stereocenters. The van der Waals surface area contributed by atoms with Crippen molar-refractivity contribution in [3.05, 3.63) is 61.8 Å². The number of anilines is 1. The van der Waals surface area contributed by atoms with Crippen LogP contribution in [-0.4, -0.2) is 32.1 Å². The standard InChI is InChI=1S/C23H24N2O5S/c1-13-7-8-14-16(26)12-18(30-17(14)11-13)21(27)25-23-20(22(28)24-9-10-29-2)15-5-3-4-6-19(15)31-23/h7-8,11-12H,3-6,9-10H2,1-2H3,(H,24,28)(H,25,27). The smallest absolute Gasteiger partial charge is 0.292 e. The molecule has 0 fully saturated rings. The zero-order valence-corrected chi connectivity index (χ0v) is 18.3. The van der Waals surface area contributed by atoms with E-state index in [1.165, 1.54) is 17.4 Å². The third-order valence-electron chi connectivity index (χ3n) is 5.33. The largest absolute Gasteiger partial charge is 0.451 e. The van der Waals surface area contributed by atoms with Gasteiger partial charge >= 0.3 is 0 Å². The first-order valence-corrected chi connectivity index (χ1v) is 11.1. The maximum Gasteiger partial charge on any atom is 0.292 e.